The van der Waals surface area contributed by atoms with Crippen molar-refractivity contribution in [1.82, 2.24) is 0 Å². The van der Waals surface area contributed by atoms with Crippen LogP contribution in [0.25, 0.3) is 21.5 Å². The zero-order valence-corrected chi connectivity index (χ0v) is 19.3. The molecule has 0 saturated heterocycles. The van der Waals surface area contributed by atoms with E-state index in [9.17, 15) is 0 Å². The zero-order valence-electron chi connectivity index (χ0n) is 18.3. The van der Waals surface area contributed by atoms with Gasteiger partial charge in [0.2, 0.25) is 0 Å². The van der Waals surface area contributed by atoms with E-state index >= 15 is 0 Å². The SMILES string of the molecule is C[Si](CCC1CC2C=CC1C2)(c1cccc2ccccc12)c1cccc2ccccc12. The second-order valence-electron chi connectivity index (χ2n) is 9.96. The molecule has 0 heterocycles. The fourth-order valence-corrected chi connectivity index (χ4v) is 10.9. The Morgan fingerprint density at radius 2 is 1.26 bits per heavy atom. The lowest BCUT2D eigenvalue weighted by atomic mass is 9.91. The first-order chi connectivity index (χ1) is 15.2. The molecule has 0 radical (unpaired) electrons. The van der Waals surface area contributed by atoms with Crippen LogP contribution in [0.1, 0.15) is 19.3 Å². The third-order valence-corrected chi connectivity index (χ3v) is 12.7. The average molecular weight is 419 g/mol. The van der Waals surface area contributed by atoms with Crippen molar-refractivity contribution in [3.63, 3.8) is 0 Å². The van der Waals surface area contributed by atoms with E-state index in [1.165, 1.54) is 46.9 Å². The summed E-state index contributed by atoms with van der Waals surface area (Å²) < 4.78 is 0. The van der Waals surface area contributed by atoms with Crippen LogP contribution in [-0.2, 0) is 0 Å². The van der Waals surface area contributed by atoms with Crippen LogP contribution in [0.4, 0.5) is 0 Å². The number of allylic oxidation sites excluding steroid dienone is 2. The van der Waals surface area contributed by atoms with Crippen LogP contribution >= 0.6 is 0 Å². The first-order valence-electron chi connectivity index (χ1n) is 11.9. The predicted molar refractivity (Wildman–Crippen MR) is 137 cm³/mol. The van der Waals surface area contributed by atoms with E-state index in [-0.39, 0.29) is 0 Å². The maximum absolute atomic E-state index is 2.64. The van der Waals surface area contributed by atoms with Gasteiger partial charge in [-0.05, 0) is 68.6 Å². The number of hydrogen-bond donors (Lipinski definition) is 0. The van der Waals surface area contributed by atoms with Crippen LogP contribution in [0.5, 0.6) is 0 Å². The highest BCUT2D eigenvalue weighted by Gasteiger charge is 2.39. The van der Waals surface area contributed by atoms with Gasteiger partial charge in [0.15, 0.2) is 0 Å². The topological polar surface area (TPSA) is 0 Å². The van der Waals surface area contributed by atoms with Gasteiger partial charge in [-0.15, -0.1) is 0 Å². The molecule has 1 saturated carbocycles. The molecule has 31 heavy (non-hydrogen) atoms. The summed E-state index contributed by atoms with van der Waals surface area (Å²) in [7, 11) is -1.95. The highest BCUT2D eigenvalue weighted by Crippen LogP contribution is 2.46. The fourth-order valence-electron chi connectivity index (χ4n) is 6.53. The van der Waals surface area contributed by atoms with Crippen molar-refractivity contribution in [2.45, 2.75) is 31.9 Å². The largest absolute Gasteiger partial charge is 0.116 e. The molecule has 2 aliphatic carbocycles. The second-order valence-corrected chi connectivity index (χ2v) is 14.2. The summed E-state index contributed by atoms with van der Waals surface area (Å²) >= 11 is 0. The molecule has 1 fully saturated rings. The molecule has 4 aromatic rings. The molecule has 0 N–H and O–H groups in total. The molecular weight excluding hydrogens is 388 g/mol. The van der Waals surface area contributed by atoms with Crippen molar-refractivity contribution in [1.29, 1.82) is 0 Å². The molecule has 0 nitrogen and oxygen atoms in total. The Hall–Kier alpha value is -2.64. The summed E-state index contributed by atoms with van der Waals surface area (Å²) in [5.41, 5.74) is 0. The lowest BCUT2D eigenvalue weighted by Gasteiger charge is -2.33. The number of rotatable bonds is 5. The van der Waals surface area contributed by atoms with Crippen LogP contribution in [0.3, 0.4) is 0 Å². The second kappa shape index (κ2) is 7.49. The molecule has 4 aromatic carbocycles. The third kappa shape index (κ3) is 3.18. The molecule has 2 bridgehead atoms. The number of fused-ring (bicyclic) bond motifs is 4. The van der Waals surface area contributed by atoms with E-state index in [0.29, 0.717) is 0 Å². The highest BCUT2D eigenvalue weighted by molar-refractivity contribution is 7.03. The molecule has 0 spiro atoms. The van der Waals surface area contributed by atoms with Crippen LogP contribution in [0.15, 0.2) is 97.1 Å². The molecule has 6 rings (SSSR count). The Balaban J connectivity index is 1.51. The summed E-state index contributed by atoms with van der Waals surface area (Å²) in [5.74, 6) is 2.58. The predicted octanol–water partition coefficient (Wildman–Crippen LogP) is 6.79. The minimum absolute atomic E-state index is 0.836. The molecule has 3 unspecified atom stereocenters. The monoisotopic (exact) mass is 418 g/mol. The van der Waals surface area contributed by atoms with Crippen molar-refractivity contribution < 1.29 is 0 Å². The van der Waals surface area contributed by atoms with Gasteiger partial charge in [0.1, 0.15) is 8.07 Å². The Morgan fingerprint density at radius 3 is 1.81 bits per heavy atom. The average Bonchev–Trinajstić information content (AvgIpc) is 3.45. The van der Waals surface area contributed by atoms with E-state index < -0.39 is 8.07 Å². The van der Waals surface area contributed by atoms with Gasteiger partial charge in [0.05, 0.1) is 0 Å². The van der Waals surface area contributed by atoms with Crippen molar-refractivity contribution in [3.05, 3.63) is 97.1 Å². The Morgan fingerprint density at radius 1 is 0.677 bits per heavy atom. The number of benzene rings is 4. The fraction of sp³-hybridized carbons (Fsp3) is 0.267. The molecule has 3 atom stereocenters. The summed E-state index contributed by atoms with van der Waals surface area (Å²) in [6.45, 7) is 2.64. The lowest BCUT2D eigenvalue weighted by molar-refractivity contribution is 0.433. The standard InChI is InChI=1S/C30H30Si/c1-31(19-18-26-21-22-16-17-25(26)20-22,29-14-6-10-23-8-2-4-12-27(23)29)30-15-7-11-24-9-3-5-13-28(24)30/h2-17,22,25-26H,18-21H2,1H3. The Bertz CT molecular complexity index is 1190. The summed E-state index contributed by atoms with van der Waals surface area (Å²) in [6, 6.07) is 33.4. The molecule has 1 heteroatoms. The molecule has 2 aliphatic rings. The van der Waals surface area contributed by atoms with Crippen LogP contribution in [-0.4, -0.2) is 8.07 Å². The van der Waals surface area contributed by atoms with Gasteiger partial charge in [0, 0.05) is 0 Å². The van der Waals surface area contributed by atoms with Crippen molar-refractivity contribution >= 4 is 40.0 Å². The molecule has 0 aromatic heterocycles. The van der Waals surface area contributed by atoms with Gasteiger partial charge in [-0.25, -0.2) is 0 Å². The van der Waals surface area contributed by atoms with Crippen molar-refractivity contribution in [2.24, 2.45) is 17.8 Å². The maximum Gasteiger partial charge on any atom is 0.116 e. The van der Waals surface area contributed by atoms with E-state index in [2.05, 4.69) is 104 Å². The Kier molecular flexibility index (Phi) is 4.61. The number of hydrogen-bond acceptors (Lipinski definition) is 0. The molecule has 0 aliphatic heterocycles. The van der Waals surface area contributed by atoms with E-state index in [4.69, 9.17) is 0 Å². The van der Waals surface area contributed by atoms with Crippen LogP contribution < -0.4 is 10.4 Å². The lowest BCUT2D eigenvalue weighted by Crippen LogP contribution is -2.56. The first-order valence-corrected chi connectivity index (χ1v) is 14.6. The third-order valence-electron chi connectivity index (χ3n) is 8.20. The summed E-state index contributed by atoms with van der Waals surface area (Å²) in [6.07, 6.45) is 9.18. The summed E-state index contributed by atoms with van der Waals surface area (Å²) in [5, 5.41) is 8.89. The minimum Gasteiger partial charge on any atom is -0.0851 e. The molecular formula is C30H30Si. The van der Waals surface area contributed by atoms with E-state index in [1.54, 1.807) is 10.4 Å². The van der Waals surface area contributed by atoms with Crippen LogP contribution in [0.2, 0.25) is 12.6 Å². The molecule has 154 valence electrons. The van der Waals surface area contributed by atoms with E-state index in [0.717, 1.165) is 17.8 Å². The van der Waals surface area contributed by atoms with Gasteiger partial charge in [-0.2, -0.15) is 0 Å². The Labute approximate surface area is 186 Å². The molecule has 0 amide bonds. The van der Waals surface area contributed by atoms with Gasteiger partial charge in [0.25, 0.3) is 0 Å². The quantitative estimate of drug-likeness (QED) is 0.247. The minimum atomic E-state index is -1.95. The first kappa shape index (κ1) is 19.1. The van der Waals surface area contributed by atoms with Gasteiger partial charge in [-0.1, -0.05) is 110 Å². The van der Waals surface area contributed by atoms with E-state index in [1.807, 2.05) is 0 Å². The smallest absolute Gasteiger partial charge is 0.0851 e. The van der Waals surface area contributed by atoms with Gasteiger partial charge in [-0.3, -0.25) is 0 Å². The summed E-state index contributed by atoms with van der Waals surface area (Å²) in [4.78, 5) is 0. The zero-order chi connectivity index (χ0) is 20.8. The van der Waals surface area contributed by atoms with Crippen molar-refractivity contribution in [3.8, 4) is 0 Å². The van der Waals surface area contributed by atoms with Crippen LogP contribution in [0, 0.1) is 17.8 Å². The normalized spacial score (nSPS) is 22.5. The van der Waals surface area contributed by atoms with Gasteiger partial charge < -0.3 is 0 Å². The highest BCUT2D eigenvalue weighted by atomic mass is 28.3. The van der Waals surface area contributed by atoms with Gasteiger partial charge >= 0.3 is 0 Å². The maximum atomic E-state index is 2.64. The van der Waals surface area contributed by atoms with Crippen molar-refractivity contribution in [2.75, 3.05) is 0 Å².